The van der Waals surface area contributed by atoms with E-state index >= 15 is 0 Å². The van der Waals surface area contributed by atoms with E-state index in [9.17, 15) is 4.79 Å². The van der Waals surface area contributed by atoms with Gasteiger partial charge in [-0.3, -0.25) is 4.79 Å². The molecule has 0 aliphatic heterocycles. The van der Waals surface area contributed by atoms with E-state index in [1.165, 1.54) is 7.11 Å². The van der Waals surface area contributed by atoms with Crippen LogP contribution >= 0.6 is 15.9 Å². The molecule has 3 heteroatoms. The molecule has 0 atom stereocenters. The van der Waals surface area contributed by atoms with Gasteiger partial charge < -0.3 is 4.74 Å². The summed E-state index contributed by atoms with van der Waals surface area (Å²) >= 11 is 2.96. The maximum atomic E-state index is 10.5. The van der Waals surface area contributed by atoms with Crippen molar-refractivity contribution in [3.05, 3.63) is 0 Å². The minimum Gasteiger partial charge on any atom is -0.469 e. The van der Waals surface area contributed by atoms with Gasteiger partial charge in [-0.2, -0.15) is 0 Å². The lowest BCUT2D eigenvalue weighted by Gasteiger charge is -1.93. The second-order valence-corrected chi connectivity index (χ2v) is 2.10. The first-order valence-corrected chi connectivity index (χ1v) is 3.76. The Morgan fingerprint density at radius 1 is 1.70 bits per heavy atom. The van der Waals surface area contributed by atoms with E-state index in [-0.39, 0.29) is 5.97 Å². The topological polar surface area (TPSA) is 26.3 Å². The van der Waals surface area contributed by atoms with Crippen LogP contribution in [0.2, 0.25) is 0 Å². The molecule has 0 radical (unpaired) electrons. The molecule has 0 unspecified atom stereocenters. The van der Waals surface area contributed by atoms with E-state index in [1.807, 2.05) is 0 Å². The minimum absolute atomic E-state index is 0.170. The minimum atomic E-state index is -0.170. The number of unbranched alkanes of at least 4 members (excludes halogenated alkanes) is 1. The number of esters is 1. The first-order chi connectivity index (χ1) is 4.81. The van der Waals surface area contributed by atoms with E-state index < -0.39 is 0 Å². The van der Waals surface area contributed by atoms with Gasteiger partial charge in [0.15, 0.2) is 0 Å². The highest BCUT2D eigenvalue weighted by molar-refractivity contribution is 9.12. The van der Waals surface area contributed by atoms with Crippen molar-refractivity contribution in [1.29, 1.82) is 0 Å². The molecule has 0 aromatic rings. The Hall–Kier alpha value is -0.490. The fourth-order valence-electron chi connectivity index (χ4n) is 0.470. The molecule has 0 rings (SSSR count). The van der Waals surface area contributed by atoms with E-state index in [0.29, 0.717) is 6.42 Å². The van der Waals surface area contributed by atoms with E-state index in [2.05, 4.69) is 31.4 Å². The normalized spacial score (nSPS) is 7.80. The maximum Gasteiger partial charge on any atom is 0.305 e. The summed E-state index contributed by atoms with van der Waals surface area (Å²) < 4.78 is 4.43. The third kappa shape index (κ3) is 5.64. The molecule has 0 aromatic heterocycles. The van der Waals surface area contributed by atoms with Crippen LogP contribution in [0.25, 0.3) is 0 Å². The molecule has 0 saturated carbocycles. The summed E-state index contributed by atoms with van der Waals surface area (Å²) in [5.41, 5.74) is 0. The molecule has 0 fully saturated rings. The van der Waals surface area contributed by atoms with Crippen molar-refractivity contribution in [1.82, 2.24) is 0 Å². The summed E-state index contributed by atoms with van der Waals surface area (Å²) in [6.07, 6.45) is 1.96. The molecule has 0 aliphatic rings. The predicted octanol–water partition coefficient (Wildman–Crippen LogP) is 1.69. The predicted molar refractivity (Wildman–Crippen MR) is 42.6 cm³/mol. The van der Waals surface area contributed by atoms with Crippen LogP contribution in [0.3, 0.4) is 0 Å². The van der Waals surface area contributed by atoms with Crippen LogP contribution in [-0.4, -0.2) is 13.1 Å². The number of ether oxygens (including phenoxy) is 1. The molecule has 0 N–H and O–H groups in total. The summed E-state index contributed by atoms with van der Waals surface area (Å²) in [6, 6.07) is 0. The van der Waals surface area contributed by atoms with Crippen LogP contribution in [-0.2, 0) is 9.53 Å². The Labute approximate surface area is 69.1 Å². The summed E-state index contributed by atoms with van der Waals surface area (Å²) in [5.74, 6) is 2.62. The van der Waals surface area contributed by atoms with Crippen molar-refractivity contribution in [3.63, 3.8) is 0 Å². The van der Waals surface area contributed by atoms with Crippen LogP contribution in [0.4, 0.5) is 0 Å². The SMILES string of the molecule is COC(=O)CCCC#CBr. The molecule has 0 aliphatic carbocycles. The van der Waals surface area contributed by atoms with Crippen molar-refractivity contribution >= 4 is 21.9 Å². The Morgan fingerprint density at radius 2 is 2.40 bits per heavy atom. The summed E-state index contributed by atoms with van der Waals surface area (Å²) in [6.45, 7) is 0. The van der Waals surface area contributed by atoms with Gasteiger partial charge in [-0.05, 0) is 11.3 Å². The fourth-order valence-corrected chi connectivity index (χ4v) is 0.669. The van der Waals surface area contributed by atoms with Gasteiger partial charge >= 0.3 is 5.97 Å². The molecule has 0 aromatic carbocycles. The second-order valence-electron chi connectivity index (χ2n) is 1.70. The second kappa shape index (κ2) is 6.63. The molecule has 2 nitrogen and oxygen atoms in total. The van der Waals surface area contributed by atoms with E-state index in [0.717, 1.165) is 12.8 Å². The zero-order valence-electron chi connectivity index (χ0n) is 5.82. The zero-order valence-corrected chi connectivity index (χ0v) is 7.40. The maximum absolute atomic E-state index is 10.5. The first kappa shape index (κ1) is 9.51. The number of carbonyl (C=O) groups is 1. The molecular formula is C7H9BrO2. The average Bonchev–Trinajstić information content (AvgIpc) is 1.98. The fraction of sp³-hybridized carbons (Fsp3) is 0.571. The largest absolute Gasteiger partial charge is 0.469 e. The number of methoxy groups -OCH3 is 1. The van der Waals surface area contributed by atoms with E-state index in [4.69, 9.17) is 0 Å². The lowest BCUT2D eigenvalue weighted by molar-refractivity contribution is -0.140. The standard InChI is InChI=1S/C7H9BrO2/c1-10-7(9)5-3-2-4-6-8/h2-3,5H2,1H3. The molecule has 0 bridgehead atoms. The van der Waals surface area contributed by atoms with Gasteiger partial charge in [0.2, 0.25) is 0 Å². The number of hydrogen-bond donors (Lipinski definition) is 0. The molecule has 10 heavy (non-hydrogen) atoms. The number of rotatable bonds is 3. The monoisotopic (exact) mass is 204 g/mol. The number of carbonyl (C=O) groups excluding carboxylic acids is 1. The van der Waals surface area contributed by atoms with Gasteiger partial charge in [-0.1, -0.05) is 5.92 Å². The van der Waals surface area contributed by atoms with Gasteiger partial charge in [-0.15, -0.1) is 0 Å². The van der Waals surface area contributed by atoms with Crippen molar-refractivity contribution in [2.45, 2.75) is 19.3 Å². The van der Waals surface area contributed by atoms with Crippen LogP contribution in [0.15, 0.2) is 0 Å². The van der Waals surface area contributed by atoms with Crippen LogP contribution in [0, 0.1) is 10.8 Å². The molecule has 0 heterocycles. The molecule has 0 saturated heterocycles. The average molecular weight is 205 g/mol. The number of halogens is 1. The summed E-state index contributed by atoms with van der Waals surface area (Å²) in [4.78, 5) is 13.1. The van der Waals surface area contributed by atoms with Gasteiger partial charge in [0.05, 0.1) is 7.11 Å². The lowest BCUT2D eigenvalue weighted by atomic mass is 10.2. The summed E-state index contributed by atoms with van der Waals surface area (Å²) in [7, 11) is 1.39. The molecule has 56 valence electrons. The van der Waals surface area contributed by atoms with Gasteiger partial charge in [-0.25, -0.2) is 0 Å². The van der Waals surface area contributed by atoms with Gasteiger partial charge in [0, 0.05) is 28.8 Å². The molecular weight excluding hydrogens is 196 g/mol. The molecule has 0 spiro atoms. The first-order valence-electron chi connectivity index (χ1n) is 2.96. The van der Waals surface area contributed by atoms with Gasteiger partial charge in [0.1, 0.15) is 0 Å². The van der Waals surface area contributed by atoms with Crippen molar-refractivity contribution in [3.8, 4) is 10.8 Å². The Kier molecular flexibility index (Phi) is 6.30. The summed E-state index contributed by atoms with van der Waals surface area (Å²) in [5, 5.41) is 0. The van der Waals surface area contributed by atoms with Crippen molar-refractivity contribution < 1.29 is 9.53 Å². The van der Waals surface area contributed by atoms with Crippen LogP contribution in [0.1, 0.15) is 19.3 Å². The Morgan fingerprint density at radius 3 is 2.90 bits per heavy atom. The highest BCUT2D eigenvalue weighted by Crippen LogP contribution is 1.95. The van der Waals surface area contributed by atoms with Crippen LogP contribution in [0.5, 0.6) is 0 Å². The van der Waals surface area contributed by atoms with E-state index in [1.54, 1.807) is 0 Å². The Bertz CT molecular complexity index is 155. The highest BCUT2D eigenvalue weighted by atomic mass is 79.9. The third-order valence-electron chi connectivity index (χ3n) is 0.977. The zero-order chi connectivity index (χ0) is 7.82. The number of hydrogen-bond acceptors (Lipinski definition) is 2. The molecule has 0 amide bonds. The Balaban J connectivity index is 3.17. The quantitative estimate of drug-likeness (QED) is 0.398. The highest BCUT2D eigenvalue weighted by Gasteiger charge is 1.96. The van der Waals surface area contributed by atoms with Crippen molar-refractivity contribution in [2.75, 3.05) is 7.11 Å². The van der Waals surface area contributed by atoms with Crippen LogP contribution < -0.4 is 0 Å². The van der Waals surface area contributed by atoms with Gasteiger partial charge in [0.25, 0.3) is 0 Å². The lowest BCUT2D eigenvalue weighted by Crippen LogP contribution is -1.98. The third-order valence-corrected chi connectivity index (χ3v) is 1.26. The van der Waals surface area contributed by atoms with Crippen molar-refractivity contribution in [2.24, 2.45) is 0 Å². The smallest absolute Gasteiger partial charge is 0.305 e.